The highest BCUT2D eigenvalue weighted by Crippen LogP contribution is 2.42. The van der Waals surface area contributed by atoms with Crippen LogP contribution in [0.4, 0.5) is 10.3 Å². The molecule has 3 aliphatic heterocycles. The Hall–Kier alpha value is -1.31. The molecule has 0 amide bonds. The van der Waals surface area contributed by atoms with Crippen molar-refractivity contribution in [3.63, 3.8) is 0 Å². The fourth-order valence-electron chi connectivity index (χ4n) is 4.14. The van der Waals surface area contributed by atoms with E-state index in [1.54, 1.807) is 0 Å². The zero-order chi connectivity index (χ0) is 17.1. The van der Waals surface area contributed by atoms with Gasteiger partial charge in [0, 0.05) is 33.0 Å². The van der Waals surface area contributed by atoms with Gasteiger partial charge in [0.1, 0.15) is 5.60 Å². The van der Waals surface area contributed by atoms with Crippen molar-refractivity contribution in [1.29, 1.82) is 0 Å². The molecule has 0 N–H and O–H groups in total. The summed E-state index contributed by atoms with van der Waals surface area (Å²) in [7, 11) is 0. The van der Waals surface area contributed by atoms with Crippen LogP contribution >= 0.6 is 0 Å². The summed E-state index contributed by atoms with van der Waals surface area (Å²) in [4.78, 5) is 10.2. The van der Waals surface area contributed by atoms with E-state index < -0.39 is 5.82 Å². The summed E-state index contributed by atoms with van der Waals surface area (Å²) in [5.74, 6) is 1.34. The molecule has 4 rings (SSSR count). The van der Waals surface area contributed by atoms with Gasteiger partial charge in [0.05, 0.1) is 25.5 Å². The maximum absolute atomic E-state index is 12.9. The Labute approximate surface area is 147 Å². The van der Waals surface area contributed by atoms with Crippen molar-refractivity contribution in [1.82, 2.24) is 9.97 Å². The average molecular weight is 351 g/mol. The standard InChI is InChI=1S/C18H26FN3O3/c19-16-9-20-17(21-10-16)22-12-18(13-22)15(4-8-25-18)3-7-24-11-14-1-5-23-6-2-14/h9-10,14-15H,1-8,11-13H2. The van der Waals surface area contributed by atoms with Gasteiger partial charge in [-0.05, 0) is 37.5 Å². The van der Waals surface area contributed by atoms with Gasteiger partial charge in [-0.15, -0.1) is 0 Å². The van der Waals surface area contributed by atoms with Crippen LogP contribution in [-0.4, -0.2) is 61.7 Å². The van der Waals surface area contributed by atoms with Gasteiger partial charge >= 0.3 is 0 Å². The first-order valence-electron chi connectivity index (χ1n) is 9.27. The molecule has 3 saturated heterocycles. The topological polar surface area (TPSA) is 56.7 Å². The van der Waals surface area contributed by atoms with Crippen molar-refractivity contribution in [2.75, 3.05) is 51.0 Å². The zero-order valence-electron chi connectivity index (χ0n) is 14.5. The van der Waals surface area contributed by atoms with Gasteiger partial charge < -0.3 is 19.1 Å². The molecule has 25 heavy (non-hydrogen) atoms. The van der Waals surface area contributed by atoms with Crippen LogP contribution in [0.3, 0.4) is 0 Å². The Kier molecular flexibility index (Phi) is 5.15. The quantitative estimate of drug-likeness (QED) is 0.731. The third kappa shape index (κ3) is 3.78. The van der Waals surface area contributed by atoms with E-state index in [0.717, 1.165) is 71.8 Å². The van der Waals surface area contributed by atoms with Crippen LogP contribution in [0, 0.1) is 17.7 Å². The molecule has 6 nitrogen and oxygen atoms in total. The smallest absolute Gasteiger partial charge is 0.225 e. The van der Waals surface area contributed by atoms with E-state index >= 15 is 0 Å². The maximum atomic E-state index is 12.9. The summed E-state index contributed by atoms with van der Waals surface area (Å²) in [6.45, 7) is 5.75. The van der Waals surface area contributed by atoms with E-state index in [1.807, 2.05) is 0 Å². The first-order chi connectivity index (χ1) is 12.3. The number of halogens is 1. The third-order valence-corrected chi connectivity index (χ3v) is 5.71. The number of rotatable bonds is 6. The maximum Gasteiger partial charge on any atom is 0.225 e. The van der Waals surface area contributed by atoms with E-state index in [9.17, 15) is 4.39 Å². The number of hydrogen-bond acceptors (Lipinski definition) is 6. The molecule has 7 heteroatoms. The van der Waals surface area contributed by atoms with Gasteiger partial charge in [-0.25, -0.2) is 14.4 Å². The Morgan fingerprint density at radius 3 is 2.68 bits per heavy atom. The molecule has 1 aromatic heterocycles. The number of nitrogens with zero attached hydrogens (tertiary/aromatic N) is 3. The van der Waals surface area contributed by atoms with Crippen LogP contribution in [0.1, 0.15) is 25.7 Å². The zero-order valence-corrected chi connectivity index (χ0v) is 14.5. The molecule has 3 aliphatic rings. The fraction of sp³-hybridized carbons (Fsp3) is 0.778. The summed E-state index contributed by atoms with van der Waals surface area (Å²) >= 11 is 0. The van der Waals surface area contributed by atoms with Crippen LogP contribution in [0.15, 0.2) is 12.4 Å². The van der Waals surface area contributed by atoms with Crippen LogP contribution in [0.2, 0.25) is 0 Å². The summed E-state index contributed by atoms with van der Waals surface area (Å²) in [5.41, 5.74) is -0.0974. The first kappa shape index (κ1) is 17.1. The van der Waals surface area contributed by atoms with Crippen molar-refractivity contribution in [3.05, 3.63) is 18.2 Å². The highest BCUT2D eigenvalue weighted by atomic mass is 19.1. The van der Waals surface area contributed by atoms with E-state index in [4.69, 9.17) is 14.2 Å². The minimum absolute atomic E-state index is 0.0974. The normalized spacial score (nSPS) is 26.1. The SMILES string of the molecule is Fc1cnc(N2CC3(C2)OCCC3CCOCC2CCOCC2)nc1. The molecular formula is C18H26FN3O3. The van der Waals surface area contributed by atoms with Gasteiger partial charge in [-0.2, -0.15) is 0 Å². The van der Waals surface area contributed by atoms with Crippen LogP contribution in [0.5, 0.6) is 0 Å². The largest absolute Gasteiger partial charge is 0.381 e. The number of ether oxygens (including phenoxy) is 3. The number of aromatic nitrogens is 2. The Balaban J connectivity index is 1.22. The molecule has 0 radical (unpaired) electrons. The average Bonchev–Trinajstić information content (AvgIpc) is 3.03. The predicted octanol–water partition coefficient (Wildman–Crippen LogP) is 2.04. The highest BCUT2D eigenvalue weighted by molar-refractivity contribution is 5.37. The first-order valence-corrected chi connectivity index (χ1v) is 9.27. The molecule has 4 heterocycles. The van der Waals surface area contributed by atoms with Gasteiger partial charge in [0.15, 0.2) is 5.82 Å². The molecule has 0 bridgehead atoms. The fourth-order valence-corrected chi connectivity index (χ4v) is 4.14. The molecule has 138 valence electrons. The van der Waals surface area contributed by atoms with Gasteiger partial charge in [-0.3, -0.25) is 0 Å². The van der Waals surface area contributed by atoms with Gasteiger partial charge in [0.25, 0.3) is 0 Å². The number of anilines is 1. The molecule has 3 fully saturated rings. The van der Waals surface area contributed by atoms with Gasteiger partial charge in [0.2, 0.25) is 5.95 Å². The van der Waals surface area contributed by atoms with Crippen molar-refractivity contribution in [3.8, 4) is 0 Å². The van der Waals surface area contributed by atoms with Crippen molar-refractivity contribution >= 4 is 5.95 Å². The lowest BCUT2D eigenvalue weighted by Gasteiger charge is -2.50. The van der Waals surface area contributed by atoms with Crippen LogP contribution in [-0.2, 0) is 14.2 Å². The summed E-state index contributed by atoms with van der Waals surface area (Å²) in [6, 6.07) is 0. The minimum atomic E-state index is -0.407. The molecule has 1 aromatic rings. The van der Waals surface area contributed by atoms with Crippen molar-refractivity contribution in [2.24, 2.45) is 11.8 Å². The summed E-state index contributed by atoms with van der Waals surface area (Å²) in [6.07, 6.45) is 6.77. The lowest BCUT2D eigenvalue weighted by Crippen LogP contribution is -2.65. The number of hydrogen-bond donors (Lipinski definition) is 0. The third-order valence-electron chi connectivity index (χ3n) is 5.71. The molecule has 1 spiro atoms. The lowest BCUT2D eigenvalue weighted by atomic mass is 9.79. The van der Waals surface area contributed by atoms with Crippen molar-refractivity contribution in [2.45, 2.75) is 31.3 Å². The Morgan fingerprint density at radius 2 is 1.92 bits per heavy atom. The van der Waals surface area contributed by atoms with Gasteiger partial charge in [-0.1, -0.05) is 0 Å². The van der Waals surface area contributed by atoms with Crippen LogP contribution in [0.25, 0.3) is 0 Å². The summed E-state index contributed by atoms with van der Waals surface area (Å²) in [5, 5.41) is 0. The second-order valence-corrected chi connectivity index (χ2v) is 7.38. The lowest BCUT2D eigenvalue weighted by molar-refractivity contribution is -0.0531. The van der Waals surface area contributed by atoms with E-state index in [0.29, 0.717) is 17.8 Å². The molecule has 1 unspecified atom stereocenters. The molecule has 0 aromatic carbocycles. The predicted molar refractivity (Wildman–Crippen MR) is 90.0 cm³/mol. The Bertz CT molecular complexity index is 559. The van der Waals surface area contributed by atoms with E-state index in [2.05, 4.69) is 14.9 Å². The van der Waals surface area contributed by atoms with E-state index in [-0.39, 0.29) is 5.60 Å². The summed E-state index contributed by atoms with van der Waals surface area (Å²) < 4.78 is 30.3. The molecule has 1 atom stereocenters. The second-order valence-electron chi connectivity index (χ2n) is 7.38. The highest BCUT2D eigenvalue weighted by Gasteiger charge is 2.53. The molecule has 0 aliphatic carbocycles. The monoisotopic (exact) mass is 351 g/mol. The van der Waals surface area contributed by atoms with Crippen molar-refractivity contribution < 1.29 is 18.6 Å². The second kappa shape index (κ2) is 7.51. The van der Waals surface area contributed by atoms with Crippen LogP contribution < -0.4 is 4.90 Å². The minimum Gasteiger partial charge on any atom is -0.381 e. The molecule has 0 saturated carbocycles. The van der Waals surface area contributed by atoms with E-state index in [1.165, 1.54) is 12.4 Å². The Morgan fingerprint density at radius 1 is 1.16 bits per heavy atom. The molecular weight excluding hydrogens is 325 g/mol.